The molecule has 17 heavy (non-hydrogen) atoms. The fourth-order valence-electron chi connectivity index (χ4n) is 1.40. The Bertz CT molecular complexity index is 705. The van der Waals surface area contributed by atoms with Crippen molar-refractivity contribution in [3.63, 3.8) is 0 Å². The molecule has 0 saturated carbocycles. The Morgan fingerprint density at radius 3 is 2.76 bits per heavy atom. The molecular formula is C9H9ClN4O2S. The Morgan fingerprint density at radius 2 is 2.18 bits per heavy atom. The standard InChI is InChI=1S/C9H9ClN4O2S/c1-2-3-6-4-5-7-12-8(10)9(14(7)13-6)17(11,15)16/h2-5H,1H3,(H2,11,15,16)/b3-2-. The van der Waals surface area contributed by atoms with Crippen molar-refractivity contribution in [1.82, 2.24) is 14.6 Å². The van der Waals surface area contributed by atoms with Crippen LogP contribution in [0, 0.1) is 0 Å². The lowest BCUT2D eigenvalue weighted by atomic mass is 10.3. The highest BCUT2D eigenvalue weighted by Gasteiger charge is 2.21. The summed E-state index contributed by atoms with van der Waals surface area (Å²) in [6.45, 7) is 1.83. The molecule has 2 heterocycles. The van der Waals surface area contributed by atoms with Gasteiger partial charge in [-0.2, -0.15) is 9.61 Å². The van der Waals surface area contributed by atoms with Gasteiger partial charge in [-0.3, -0.25) is 0 Å². The Labute approximate surface area is 103 Å². The SMILES string of the molecule is C/C=C\c1ccc2nc(Cl)c(S(N)(=O)=O)n2n1. The number of imidazole rings is 1. The highest BCUT2D eigenvalue weighted by molar-refractivity contribution is 7.89. The van der Waals surface area contributed by atoms with Gasteiger partial charge in [0.1, 0.15) is 0 Å². The van der Waals surface area contributed by atoms with Gasteiger partial charge in [-0.1, -0.05) is 17.7 Å². The molecule has 6 nitrogen and oxygen atoms in total. The first-order chi connectivity index (χ1) is 7.93. The number of halogens is 1. The van der Waals surface area contributed by atoms with Crippen LogP contribution in [0.4, 0.5) is 0 Å². The molecule has 0 unspecified atom stereocenters. The molecule has 0 spiro atoms. The van der Waals surface area contributed by atoms with Crippen LogP contribution in [0.3, 0.4) is 0 Å². The molecule has 2 N–H and O–H groups in total. The van der Waals surface area contributed by atoms with Gasteiger partial charge < -0.3 is 0 Å². The van der Waals surface area contributed by atoms with Gasteiger partial charge in [0, 0.05) is 0 Å². The van der Waals surface area contributed by atoms with Gasteiger partial charge in [-0.05, 0) is 25.1 Å². The number of hydrogen-bond acceptors (Lipinski definition) is 4. The van der Waals surface area contributed by atoms with Crippen molar-refractivity contribution in [3.05, 3.63) is 29.1 Å². The molecule has 2 rings (SSSR count). The summed E-state index contributed by atoms with van der Waals surface area (Å²) in [7, 11) is -3.97. The van der Waals surface area contributed by atoms with Crippen molar-refractivity contribution in [1.29, 1.82) is 0 Å². The van der Waals surface area contributed by atoms with Crippen LogP contribution < -0.4 is 5.14 Å². The molecule has 2 aromatic heterocycles. The van der Waals surface area contributed by atoms with Crippen molar-refractivity contribution >= 4 is 33.3 Å². The number of primary sulfonamides is 1. The summed E-state index contributed by atoms with van der Waals surface area (Å²) in [5.74, 6) is 0. The fraction of sp³-hybridized carbons (Fsp3) is 0.111. The minimum absolute atomic E-state index is 0.183. The molecule has 0 aliphatic carbocycles. The molecule has 2 aromatic rings. The zero-order chi connectivity index (χ0) is 12.6. The number of allylic oxidation sites excluding steroid dienone is 1. The zero-order valence-corrected chi connectivity index (χ0v) is 10.4. The summed E-state index contributed by atoms with van der Waals surface area (Å²) in [4.78, 5) is 3.86. The minimum atomic E-state index is -3.97. The number of nitrogens with two attached hydrogens (primary N) is 1. The van der Waals surface area contributed by atoms with E-state index in [9.17, 15) is 8.42 Å². The Kier molecular flexibility index (Phi) is 2.90. The maximum Gasteiger partial charge on any atom is 0.258 e. The highest BCUT2D eigenvalue weighted by Crippen LogP contribution is 2.20. The Hall–Kier alpha value is -1.44. The second-order valence-electron chi connectivity index (χ2n) is 3.28. The van der Waals surface area contributed by atoms with Crippen LogP contribution in [0.5, 0.6) is 0 Å². The second kappa shape index (κ2) is 4.10. The third-order valence-corrected chi connectivity index (χ3v) is 3.30. The number of hydrogen-bond donors (Lipinski definition) is 1. The first-order valence-electron chi connectivity index (χ1n) is 4.64. The third-order valence-electron chi connectivity index (χ3n) is 2.02. The lowest BCUT2D eigenvalue weighted by molar-refractivity contribution is 0.590. The molecular weight excluding hydrogens is 264 g/mol. The molecule has 8 heteroatoms. The molecule has 0 amide bonds. The fourth-order valence-corrected chi connectivity index (χ4v) is 2.54. The van der Waals surface area contributed by atoms with E-state index in [2.05, 4.69) is 10.1 Å². The summed E-state index contributed by atoms with van der Waals surface area (Å²) < 4.78 is 23.9. The molecule has 0 bridgehead atoms. The van der Waals surface area contributed by atoms with Crippen LogP contribution in [-0.4, -0.2) is 23.0 Å². The second-order valence-corrected chi connectivity index (χ2v) is 5.12. The van der Waals surface area contributed by atoms with E-state index in [-0.39, 0.29) is 10.2 Å². The van der Waals surface area contributed by atoms with E-state index in [1.807, 2.05) is 6.92 Å². The van der Waals surface area contributed by atoms with E-state index < -0.39 is 10.0 Å². The summed E-state index contributed by atoms with van der Waals surface area (Å²) in [6.07, 6.45) is 3.50. The molecule has 0 fully saturated rings. The van der Waals surface area contributed by atoms with Gasteiger partial charge in [-0.25, -0.2) is 18.5 Å². The van der Waals surface area contributed by atoms with Crippen LogP contribution >= 0.6 is 11.6 Å². The van der Waals surface area contributed by atoms with Gasteiger partial charge >= 0.3 is 0 Å². The summed E-state index contributed by atoms with van der Waals surface area (Å²) in [5, 5.41) is 8.65. The van der Waals surface area contributed by atoms with Crippen molar-refractivity contribution < 1.29 is 8.42 Å². The summed E-state index contributed by atoms with van der Waals surface area (Å²) in [6, 6.07) is 3.31. The third kappa shape index (κ3) is 2.17. The summed E-state index contributed by atoms with van der Waals surface area (Å²) in [5.41, 5.74) is 0.909. The van der Waals surface area contributed by atoms with Crippen molar-refractivity contribution in [3.8, 4) is 0 Å². The van der Waals surface area contributed by atoms with Gasteiger partial charge in [0.2, 0.25) is 5.03 Å². The van der Waals surface area contributed by atoms with Gasteiger partial charge in [0.05, 0.1) is 5.69 Å². The van der Waals surface area contributed by atoms with E-state index in [1.54, 1.807) is 24.3 Å². The molecule has 0 radical (unpaired) electrons. The number of sulfonamides is 1. The lowest BCUT2D eigenvalue weighted by Crippen LogP contribution is -2.16. The number of nitrogens with zero attached hydrogens (tertiary/aromatic N) is 3. The average molecular weight is 273 g/mol. The van der Waals surface area contributed by atoms with Crippen LogP contribution in [0.15, 0.2) is 23.2 Å². The Balaban J connectivity index is 2.83. The average Bonchev–Trinajstić information content (AvgIpc) is 2.53. The van der Waals surface area contributed by atoms with E-state index >= 15 is 0 Å². The van der Waals surface area contributed by atoms with Gasteiger partial charge in [-0.15, -0.1) is 0 Å². The normalized spacial score (nSPS) is 12.6. The van der Waals surface area contributed by atoms with Gasteiger partial charge in [0.15, 0.2) is 10.8 Å². The predicted molar refractivity (Wildman–Crippen MR) is 64.1 cm³/mol. The van der Waals surface area contributed by atoms with Crippen LogP contribution in [-0.2, 0) is 10.0 Å². The molecule has 0 aliphatic rings. The number of fused-ring (bicyclic) bond motifs is 1. The molecule has 90 valence electrons. The van der Waals surface area contributed by atoms with Crippen molar-refractivity contribution in [2.45, 2.75) is 11.9 Å². The van der Waals surface area contributed by atoms with Crippen molar-refractivity contribution in [2.24, 2.45) is 5.14 Å². The first kappa shape index (κ1) is 12.0. The van der Waals surface area contributed by atoms with Crippen LogP contribution in [0.2, 0.25) is 5.15 Å². The predicted octanol–water partition coefficient (Wildman–Crippen LogP) is 1.06. The molecule has 0 saturated heterocycles. The van der Waals surface area contributed by atoms with E-state index in [1.165, 1.54) is 0 Å². The Morgan fingerprint density at radius 1 is 1.47 bits per heavy atom. The lowest BCUT2D eigenvalue weighted by Gasteiger charge is -1.99. The van der Waals surface area contributed by atoms with Gasteiger partial charge in [0.25, 0.3) is 10.0 Å². The van der Waals surface area contributed by atoms with E-state index in [4.69, 9.17) is 16.7 Å². The number of aromatic nitrogens is 3. The molecule has 0 aliphatic heterocycles. The monoisotopic (exact) mass is 272 g/mol. The maximum atomic E-state index is 11.4. The molecule has 0 atom stereocenters. The van der Waals surface area contributed by atoms with Crippen molar-refractivity contribution in [2.75, 3.05) is 0 Å². The van der Waals surface area contributed by atoms with E-state index in [0.29, 0.717) is 11.3 Å². The smallest absolute Gasteiger partial charge is 0.223 e. The largest absolute Gasteiger partial charge is 0.258 e. The topological polar surface area (TPSA) is 90.3 Å². The van der Waals surface area contributed by atoms with Crippen LogP contribution in [0.1, 0.15) is 12.6 Å². The quantitative estimate of drug-likeness (QED) is 0.885. The summed E-state index contributed by atoms with van der Waals surface area (Å²) >= 11 is 5.73. The number of rotatable bonds is 2. The maximum absolute atomic E-state index is 11.4. The minimum Gasteiger partial charge on any atom is -0.223 e. The molecule has 0 aromatic carbocycles. The first-order valence-corrected chi connectivity index (χ1v) is 6.56. The zero-order valence-electron chi connectivity index (χ0n) is 8.83. The van der Waals surface area contributed by atoms with E-state index in [0.717, 1.165) is 4.52 Å². The van der Waals surface area contributed by atoms with Crippen LogP contribution in [0.25, 0.3) is 11.7 Å². The highest BCUT2D eigenvalue weighted by atomic mass is 35.5.